The van der Waals surface area contributed by atoms with Gasteiger partial charge in [-0.1, -0.05) is 23.7 Å². The molecule has 5 rings (SSSR count). The lowest BCUT2D eigenvalue weighted by molar-refractivity contribution is -0.120. The van der Waals surface area contributed by atoms with E-state index in [-0.39, 0.29) is 46.2 Å². The summed E-state index contributed by atoms with van der Waals surface area (Å²) in [6.07, 6.45) is 0.891. The highest BCUT2D eigenvalue weighted by Crippen LogP contribution is 2.46. The molecule has 2 aromatic carbocycles. The summed E-state index contributed by atoms with van der Waals surface area (Å²) in [5.41, 5.74) is 0.146. The van der Waals surface area contributed by atoms with Gasteiger partial charge in [-0.15, -0.1) is 0 Å². The molecule has 2 aliphatic heterocycles. The zero-order valence-electron chi connectivity index (χ0n) is 21.4. The van der Waals surface area contributed by atoms with Crippen molar-refractivity contribution in [3.8, 4) is 11.1 Å². The van der Waals surface area contributed by atoms with Gasteiger partial charge in [0.05, 0.1) is 35.7 Å². The molecule has 3 heterocycles. The summed E-state index contributed by atoms with van der Waals surface area (Å²) >= 11 is 6.57. The van der Waals surface area contributed by atoms with Crippen LogP contribution in [0.15, 0.2) is 30.5 Å². The molecule has 1 fully saturated rings. The monoisotopic (exact) mass is 544 g/mol. The van der Waals surface area contributed by atoms with Crippen molar-refractivity contribution in [2.24, 2.45) is 0 Å². The quantitative estimate of drug-likeness (QED) is 0.502. The van der Waals surface area contributed by atoms with E-state index in [0.717, 1.165) is 0 Å². The van der Waals surface area contributed by atoms with E-state index in [1.54, 1.807) is 27.8 Å². The van der Waals surface area contributed by atoms with Crippen molar-refractivity contribution in [1.82, 2.24) is 9.88 Å². The number of aromatic nitrogens is 1. The fourth-order valence-electron chi connectivity index (χ4n) is 5.09. The van der Waals surface area contributed by atoms with Gasteiger partial charge in [-0.05, 0) is 38.5 Å². The van der Waals surface area contributed by atoms with Gasteiger partial charge in [0.2, 0.25) is 0 Å². The molecule has 8 nitrogen and oxygen atoms in total. The number of halogens is 3. The zero-order valence-corrected chi connectivity index (χ0v) is 22.1. The summed E-state index contributed by atoms with van der Waals surface area (Å²) in [5, 5.41) is 10.0. The molecule has 0 radical (unpaired) electrons. The Kier molecular flexibility index (Phi) is 6.43. The highest BCUT2D eigenvalue weighted by molar-refractivity contribution is 6.34. The molecule has 2 aliphatic rings. The number of anilines is 2. The Morgan fingerprint density at radius 2 is 1.97 bits per heavy atom. The van der Waals surface area contributed by atoms with Crippen molar-refractivity contribution < 1.29 is 28.2 Å². The van der Waals surface area contributed by atoms with E-state index in [2.05, 4.69) is 4.98 Å². The number of ether oxygens (including phenoxy) is 1. The van der Waals surface area contributed by atoms with E-state index in [9.17, 15) is 19.1 Å². The number of likely N-dealkylation sites (N-methyl/N-ethyl adjacent to an activating group) is 1. The third-order valence-electron chi connectivity index (χ3n) is 6.82. The first-order valence-corrected chi connectivity index (χ1v) is 12.5. The highest BCUT2D eigenvalue weighted by atomic mass is 35.5. The molecule has 1 saturated heterocycles. The molecule has 0 spiro atoms. The number of pyridine rings is 1. The Labute approximate surface area is 223 Å². The van der Waals surface area contributed by atoms with Gasteiger partial charge in [0.25, 0.3) is 5.91 Å². The van der Waals surface area contributed by atoms with Crippen LogP contribution < -0.4 is 9.80 Å². The lowest BCUT2D eigenvalue weighted by Crippen LogP contribution is -2.63. The van der Waals surface area contributed by atoms with Crippen molar-refractivity contribution in [3.63, 3.8) is 0 Å². The first-order valence-electron chi connectivity index (χ1n) is 12.1. The van der Waals surface area contributed by atoms with Gasteiger partial charge in [0.15, 0.2) is 5.82 Å². The lowest BCUT2D eigenvalue weighted by atomic mass is 9.95. The van der Waals surface area contributed by atoms with Crippen LogP contribution in [0.3, 0.4) is 0 Å². The number of carbonyl (C=O) groups excluding carboxylic acids is 2. The minimum Gasteiger partial charge on any atom is -0.444 e. The number of aliphatic hydroxyl groups excluding tert-OH is 1. The van der Waals surface area contributed by atoms with Crippen LogP contribution in [0.2, 0.25) is 5.02 Å². The molecule has 200 valence electrons. The second-order valence-corrected chi connectivity index (χ2v) is 10.8. The molecule has 1 N–H and O–H groups in total. The first-order chi connectivity index (χ1) is 17.9. The number of hydrogen-bond acceptors (Lipinski definition) is 6. The summed E-state index contributed by atoms with van der Waals surface area (Å²) in [5.74, 6) is -1.80. The molecule has 1 aromatic heterocycles. The minimum atomic E-state index is -0.835. The molecule has 0 saturated carbocycles. The first kappa shape index (κ1) is 26.1. The molecule has 2 amide bonds. The molecule has 1 atom stereocenters. The zero-order chi connectivity index (χ0) is 27.5. The molecular weight excluding hydrogens is 518 g/mol. The molecule has 0 bridgehead atoms. The average molecular weight is 545 g/mol. The summed E-state index contributed by atoms with van der Waals surface area (Å²) in [4.78, 5) is 35.1. The fourth-order valence-corrected chi connectivity index (χ4v) is 5.38. The molecule has 3 aromatic rings. The van der Waals surface area contributed by atoms with E-state index >= 15 is 4.39 Å². The molecule has 11 heteroatoms. The second-order valence-electron chi connectivity index (χ2n) is 10.4. The van der Waals surface area contributed by atoms with Gasteiger partial charge in [-0.2, -0.15) is 0 Å². The van der Waals surface area contributed by atoms with Crippen molar-refractivity contribution in [2.45, 2.75) is 39.0 Å². The third-order valence-corrected chi connectivity index (χ3v) is 7.12. The van der Waals surface area contributed by atoms with Gasteiger partial charge >= 0.3 is 6.09 Å². The predicted octanol–water partition coefficient (Wildman–Crippen LogP) is 4.73. The maximum Gasteiger partial charge on any atom is 0.410 e. The van der Waals surface area contributed by atoms with Crippen molar-refractivity contribution >= 4 is 45.9 Å². The second kappa shape index (κ2) is 9.36. The topological polar surface area (TPSA) is 86.2 Å². The Hall–Kier alpha value is -3.50. The number of benzene rings is 2. The van der Waals surface area contributed by atoms with Crippen LogP contribution in [-0.2, 0) is 16.1 Å². The van der Waals surface area contributed by atoms with E-state index < -0.39 is 36.0 Å². The van der Waals surface area contributed by atoms with E-state index in [1.165, 1.54) is 40.3 Å². The SMILES string of the molecule is CN1C(=O)[C@H]2CN(C(=O)OC(C)(C)C)CCN2c2c1cnc1c(F)c(-c3c(F)cccc3CO)c(Cl)cc21. The highest BCUT2D eigenvalue weighted by Gasteiger charge is 2.43. The summed E-state index contributed by atoms with van der Waals surface area (Å²) in [6.45, 7) is 5.47. The third kappa shape index (κ3) is 4.21. The van der Waals surface area contributed by atoms with Gasteiger partial charge in [-0.3, -0.25) is 9.78 Å². The standard InChI is InChI=1S/C27H27ClF2N4O4/c1-27(2,3)38-26(37)33-8-9-34-19(12-33)25(36)32(4)18-11-31-23-15(24(18)34)10-16(28)21(22(23)30)20-14(13-35)6-5-7-17(20)29/h5-7,10-11,19,35H,8-9,12-13H2,1-4H3/t19-/m1/s1. The Morgan fingerprint density at radius 1 is 1.24 bits per heavy atom. The Bertz CT molecular complexity index is 1480. The lowest BCUT2D eigenvalue weighted by Gasteiger charge is -2.47. The Morgan fingerprint density at radius 3 is 2.66 bits per heavy atom. The fraction of sp³-hybridized carbons (Fsp3) is 0.370. The summed E-state index contributed by atoms with van der Waals surface area (Å²) in [6, 6.07) is 4.87. The molecular formula is C27H27ClF2N4O4. The van der Waals surface area contributed by atoms with Crippen molar-refractivity contribution in [1.29, 1.82) is 0 Å². The van der Waals surface area contributed by atoms with Crippen LogP contribution in [0.4, 0.5) is 25.0 Å². The van der Waals surface area contributed by atoms with Crippen LogP contribution in [0.25, 0.3) is 22.0 Å². The van der Waals surface area contributed by atoms with Crippen LogP contribution in [-0.4, -0.2) is 65.3 Å². The number of nitrogens with zero attached hydrogens (tertiary/aromatic N) is 4. The maximum absolute atomic E-state index is 16.0. The van der Waals surface area contributed by atoms with Gasteiger partial charge in [-0.25, -0.2) is 13.6 Å². The van der Waals surface area contributed by atoms with Crippen LogP contribution in [0, 0.1) is 11.6 Å². The molecule has 0 unspecified atom stereocenters. The largest absolute Gasteiger partial charge is 0.444 e. The number of piperazine rings is 1. The molecule has 0 aliphatic carbocycles. The number of amides is 2. The number of carbonyl (C=O) groups is 2. The van der Waals surface area contributed by atoms with Crippen LogP contribution in [0.5, 0.6) is 0 Å². The predicted molar refractivity (Wildman–Crippen MR) is 140 cm³/mol. The van der Waals surface area contributed by atoms with Crippen molar-refractivity contribution in [2.75, 3.05) is 36.5 Å². The Balaban J connectivity index is 1.63. The average Bonchev–Trinajstić information content (AvgIpc) is 2.86. The molecule has 38 heavy (non-hydrogen) atoms. The summed E-state index contributed by atoms with van der Waals surface area (Å²) in [7, 11) is 1.59. The number of fused-ring (bicyclic) bond motifs is 5. The van der Waals surface area contributed by atoms with Gasteiger partial charge < -0.3 is 24.5 Å². The van der Waals surface area contributed by atoms with Crippen molar-refractivity contribution in [3.05, 3.63) is 52.7 Å². The smallest absolute Gasteiger partial charge is 0.410 e. The number of aliphatic hydroxyl groups is 1. The van der Waals surface area contributed by atoms with Crippen LogP contribution >= 0.6 is 11.6 Å². The normalized spacial score (nSPS) is 17.5. The summed E-state index contributed by atoms with van der Waals surface area (Å²) < 4.78 is 36.4. The number of hydrogen-bond donors (Lipinski definition) is 1. The van der Waals surface area contributed by atoms with Gasteiger partial charge in [0, 0.05) is 36.7 Å². The van der Waals surface area contributed by atoms with Gasteiger partial charge in [0.1, 0.15) is 23.0 Å². The van der Waals surface area contributed by atoms with E-state index in [1.807, 2.05) is 4.90 Å². The van der Waals surface area contributed by atoms with E-state index in [0.29, 0.717) is 23.3 Å². The minimum absolute atomic E-state index is 0.0497. The van der Waals surface area contributed by atoms with E-state index in [4.69, 9.17) is 16.3 Å². The maximum atomic E-state index is 16.0. The number of rotatable bonds is 2. The van der Waals surface area contributed by atoms with Crippen LogP contribution in [0.1, 0.15) is 26.3 Å².